The first-order chi connectivity index (χ1) is 6.58. The summed E-state index contributed by atoms with van der Waals surface area (Å²) in [5.74, 6) is 0. The van der Waals surface area contributed by atoms with Gasteiger partial charge in [-0.2, -0.15) is 0 Å². The molecule has 0 heterocycles. The highest BCUT2D eigenvalue weighted by Crippen LogP contribution is 2.03. The fourth-order valence-electron chi connectivity index (χ4n) is 0.996. The molecule has 74 valence electrons. The Kier molecular flexibility index (Phi) is 3.68. The van der Waals surface area contributed by atoms with Gasteiger partial charge in [0.1, 0.15) is 7.85 Å². The van der Waals surface area contributed by atoms with E-state index in [-0.39, 0.29) is 23.4 Å². The molecule has 0 fully saturated rings. The van der Waals surface area contributed by atoms with Crippen molar-refractivity contribution in [1.29, 1.82) is 0 Å². The summed E-state index contributed by atoms with van der Waals surface area (Å²) in [5.41, 5.74) is 5.43. The van der Waals surface area contributed by atoms with Crippen LogP contribution in [0.3, 0.4) is 0 Å². The molecule has 1 aromatic carbocycles. The number of rotatable bonds is 4. The molecule has 0 aliphatic carbocycles. The molecule has 0 aliphatic heterocycles. The van der Waals surface area contributed by atoms with Crippen molar-refractivity contribution in [2.75, 3.05) is 13.1 Å². The topological polar surface area (TPSA) is 72.2 Å². The number of nitrogens with two attached hydrogens (primary N) is 1. The summed E-state index contributed by atoms with van der Waals surface area (Å²) in [6, 6.07) is 6.29. The van der Waals surface area contributed by atoms with Crippen LogP contribution in [0.15, 0.2) is 29.2 Å². The standard InChI is InChI=1S/C8H11BN2O2S/c9-7-3-1-2-4-8(7)14(12,13)11-6-5-10/h1-4,11H,5-6,10H2. The van der Waals surface area contributed by atoms with Crippen molar-refractivity contribution in [2.45, 2.75) is 4.90 Å². The predicted molar refractivity (Wildman–Crippen MR) is 56.1 cm³/mol. The van der Waals surface area contributed by atoms with Crippen LogP contribution in [0.25, 0.3) is 0 Å². The van der Waals surface area contributed by atoms with E-state index in [1.54, 1.807) is 12.1 Å². The molecular weight excluding hydrogens is 199 g/mol. The summed E-state index contributed by atoms with van der Waals surface area (Å²) in [6.07, 6.45) is 0. The molecule has 1 aromatic rings. The molecule has 0 amide bonds. The number of hydrogen-bond donors (Lipinski definition) is 2. The van der Waals surface area contributed by atoms with E-state index < -0.39 is 10.0 Å². The smallest absolute Gasteiger partial charge is 0.240 e. The van der Waals surface area contributed by atoms with E-state index in [4.69, 9.17) is 13.6 Å². The average Bonchev–Trinajstić information content (AvgIpc) is 2.15. The predicted octanol–water partition coefficient (Wildman–Crippen LogP) is -1.28. The SMILES string of the molecule is [B]c1ccccc1S(=O)(=O)NCCN. The van der Waals surface area contributed by atoms with Crippen LogP contribution in [0.5, 0.6) is 0 Å². The first-order valence-corrected chi connectivity index (χ1v) is 5.60. The minimum Gasteiger partial charge on any atom is -0.329 e. The summed E-state index contributed by atoms with van der Waals surface area (Å²) >= 11 is 0. The van der Waals surface area contributed by atoms with Crippen molar-refractivity contribution in [1.82, 2.24) is 4.72 Å². The second-order valence-corrected chi connectivity index (χ2v) is 4.46. The highest BCUT2D eigenvalue weighted by molar-refractivity contribution is 7.89. The molecule has 0 saturated heterocycles. The molecule has 4 nitrogen and oxygen atoms in total. The summed E-state index contributed by atoms with van der Waals surface area (Å²) in [5, 5.41) is 0. The third kappa shape index (κ3) is 2.57. The van der Waals surface area contributed by atoms with Gasteiger partial charge in [0.25, 0.3) is 0 Å². The maximum atomic E-state index is 11.6. The van der Waals surface area contributed by atoms with Gasteiger partial charge in [0.15, 0.2) is 0 Å². The zero-order valence-electron chi connectivity index (χ0n) is 7.60. The fourth-order valence-corrected chi connectivity index (χ4v) is 2.17. The summed E-state index contributed by atoms with van der Waals surface area (Å²) in [4.78, 5) is 0.0912. The lowest BCUT2D eigenvalue weighted by Crippen LogP contribution is -2.32. The Hall–Kier alpha value is -0.845. The van der Waals surface area contributed by atoms with E-state index in [2.05, 4.69) is 4.72 Å². The summed E-state index contributed by atoms with van der Waals surface area (Å²) in [7, 11) is 2.02. The lowest BCUT2D eigenvalue weighted by Gasteiger charge is -2.07. The first kappa shape index (κ1) is 11.2. The van der Waals surface area contributed by atoms with Gasteiger partial charge in [-0.15, -0.1) is 0 Å². The van der Waals surface area contributed by atoms with Crippen molar-refractivity contribution in [2.24, 2.45) is 5.73 Å². The van der Waals surface area contributed by atoms with Gasteiger partial charge in [-0.3, -0.25) is 0 Å². The highest BCUT2D eigenvalue weighted by Gasteiger charge is 2.13. The molecular formula is C8H11BN2O2S. The van der Waals surface area contributed by atoms with E-state index >= 15 is 0 Å². The maximum Gasteiger partial charge on any atom is 0.240 e. The zero-order chi connectivity index (χ0) is 10.6. The maximum absolute atomic E-state index is 11.6. The van der Waals surface area contributed by atoms with Crippen molar-refractivity contribution in [3.05, 3.63) is 24.3 Å². The molecule has 0 bridgehead atoms. The normalized spacial score (nSPS) is 11.5. The first-order valence-electron chi connectivity index (χ1n) is 4.12. The Morgan fingerprint density at radius 2 is 2.00 bits per heavy atom. The van der Waals surface area contributed by atoms with Crippen molar-refractivity contribution < 1.29 is 8.42 Å². The van der Waals surface area contributed by atoms with E-state index in [0.29, 0.717) is 0 Å². The monoisotopic (exact) mass is 210 g/mol. The second kappa shape index (κ2) is 4.59. The van der Waals surface area contributed by atoms with Gasteiger partial charge in [-0.1, -0.05) is 23.7 Å². The van der Waals surface area contributed by atoms with Gasteiger partial charge in [-0.05, 0) is 6.07 Å². The molecule has 0 aromatic heterocycles. The molecule has 0 atom stereocenters. The lowest BCUT2D eigenvalue weighted by molar-refractivity contribution is 0.583. The van der Waals surface area contributed by atoms with E-state index in [1.807, 2.05) is 0 Å². The van der Waals surface area contributed by atoms with E-state index in [9.17, 15) is 8.42 Å². The molecule has 2 radical (unpaired) electrons. The average molecular weight is 210 g/mol. The third-order valence-electron chi connectivity index (χ3n) is 1.64. The minimum absolute atomic E-state index is 0.0912. The van der Waals surface area contributed by atoms with Crippen LogP contribution in [0.1, 0.15) is 0 Å². The summed E-state index contributed by atoms with van der Waals surface area (Å²) < 4.78 is 25.5. The van der Waals surface area contributed by atoms with Crippen molar-refractivity contribution in [3.8, 4) is 0 Å². The van der Waals surface area contributed by atoms with Gasteiger partial charge < -0.3 is 5.73 Å². The second-order valence-electron chi connectivity index (χ2n) is 2.72. The molecule has 0 aliphatic rings. The zero-order valence-corrected chi connectivity index (χ0v) is 8.42. The van der Waals surface area contributed by atoms with Crippen LogP contribution in [0.2, 0.25) is 0 Å². The quantitative estimate of drug-likeness (QED) is 0.608. The Morgan fingerprint density at radius 3 is 2.57 bits per heavy atom. The van der Waals surface area contributed by atoms with Crippen molar-refractivity contribution >= 4 is 23.3 Å². The molecule has 0 unspecified atom stereocenters. The Labute approximate surface area is 85.0 Å². The van der Waals surface area contributed by atoms with Gasteiger partial charge in [0, 0.05) is 13.1 Å². The third-order valence-corrected chi connectivity index (χ3v) is 3.18. The van der Waals surface area contributed by atoms with Crippen LogP contribution >= 0.6 is 0 Å². The summed E-state index contributed by atoms with van der Waals surface area (Å²) in [6.45, 7) is 0.461. The molecule has 6 heteroatoms. The van der Waals surface area contributed by atoms with Gasteiger partial charge in [-0.25, -0.2) is 13.1 Å². The molecule has 14 heavy (non-hydrogen) atoms. The molecule has 0 saturated carbocycles. The Morgan fingerprint density at radius 1 is 1.36 bits per heavy atom. The molecule has 0 spiro atoms. The lowest BCUT2D eigenvalue weighted by atomic mass is 9.97. The van der Waals surface area contributed by atoms with E-state index in [0.717, 1.165) is 0 Å². The highest BCUT2D eigenvalue weighted by atomic mass is 32.2. The largest absolute Gasteiger partial charge is 0.329 e. The Balaban J connectivity index is 2.99. The number of benzene rings is 1. The van der Waals surface area contributed by atoms with Crippen LogP contribution in [0.4, 0.5) is 0 Å². The Bertz CT molecular complexity index is 406. The van der Waals surface area contributed by atoms with Gasteiger partial charge in [0.2, 0.25) is 10.0 Å². The van der Waals surface area contributed by atoms with Crippen molar-refractivity contribution in [3.63, 3.8) is 0 Å². The van der Waals surface area contributed by atoms with Gasteiger partial charge >= 0.3 is 0 Å². The molecule has 1 rings (SSSR count). The van der Waals surface area contributed by atoms with Crippen LogP contribution < -0.4 is 15.9 Å². The minimum atomic E-state index is -3.51. The van der Waals surface area contributed by atoms with E-state index in [1.165, 1.54) is 12.1 Å². The molecule has 3 N–H and O–H groups in total. The number of sulfonamides is 1. The van der Waals surface area contributed by atoms with Gasteiger partial charge in [0.05, 0.1) is 4.90 Å². The van der Waals surface area contributed by atoms with Crippen LogP contribution in [0, 0.1) is 0 Å². The fraction of sp³-hybridized carbons (Fsp3) is 0.250. The van der Waals surface area contributed by atoms with Crippen LogP contribution in [-0.4, -0.2) is 29.4 Å². The number of hydrogen-bond acceptors (Lipinski definition) is 3. The van der Waals surface area contributed by atoms with Crippen LogP contribution in [-0.2, 0) is 10.0 Å². The number of nitrogens with one attached hydrogen (secondary N) is 1.